The zero-order chi connectivity index (χ0) is 15.5. The normalized spacial score (nSPS) is 18.0. The van der Waals surface area contributed by atoms with E-state index >= 15 is 0 Å². The monoisotopic (exact) mass is 332 g/mol. The molecule has 1 saturated heterocycles. The second-order valence-corrected chi connectivity index (χ2v) is 5.36. The van der Waals surface area contributed by atoms with E-state index in [0.717, 1.165) is 0 Å². The molecule has 5 nitrogen and oxygen atoms in total. The van der Waals surface area contributed by atoms with Crippen LogP contribution in [0.25, 0.3) is 0 Å². The van der Waals surface area contributed by atoms with Crippen molar-refractivity contribution in [2.75, 3.05) is 20.3 Å². The number of methoxy groups -OCH3 is 1. The van der Waals surface area contributed by atoms with Gasteiger partial charge in [0.15, 0.2) is 11.6 Å². The van der Waals surface area contributed by atoms with Crippen molar-refractivity contribution < 1.29 is 18.7 Å². The van der Waals surface area contributed by atoms with E-state index in [1.807, 2.05) is 0 Å². The van der Waals surface area contributed by atoms with E-state index in [2.05, 4.69) is 5.32 Å². The summed E-state index contributed by atoms with van der Waals surface area (Å²) in [6, 6.07) is 4.29. The van der Waals surface area contributed by atoms with Gasteiger partial charge in [-0.15, -0.1) is 12.4 Å². The van der Waals surface area contributed by atoms with E-state index in [4.69, 9.17) is 15.2 Å². The third-order valence-electron chi connectivity index (χ3n) is 3.86. The van der Waals surface area contributed by atoms with Crippen LogP contribution in [0.4, 0.5) is 4.39 Å². The molecular formula is C15H22ClFN2O3. The first-order chi connectivity index (χ1) is 9.96. The van der Waals surface area contributed by atoms with Crippen LogP contribution in [-0.2, 0) is 9.53 Å². The fraction of sp³-hybridized carbons (Fsp3) is 0.533. The Morgan fingerprint density at radius 2 is 2.09 bits per heavy atom. The lowest BCUT2D eigenvalue weighted by molar-refractivity contribution is -0.130. The van der Waals surface area contributed by atoms with E-state index in [1.165, 1.54) is 13.2 Å². The molecule has 0 radical (unpaired) electrons. The van der Waals surface area contributed by atoms with E-state index in [1.54, 1.807) is 19.1 Å². The molecule has 0 bridgehead atoms. The number of amides is 1. The highest BCUT2D eigenvalue weighted by molar-refractivity contribution is 5.86. The van der Waals surface area contributed by atoms with Crippen molar-refractivity contribution in [2.24, 2.45) is 5.73 Å². The van der Waals surface area contributed by atoms with Crippen molar-refractivity contribution >= 4 is 18.3 Å². The molecule has 1 atom stereocenters. The molecule has 1 aromatic carbocycles. The summed E-state index contributed by atoms with van der Waals surface area (Å²) in [5.74, 6) is -0.504. The first-order valence-corrected chi connectivity index (χ1v) is 6.97. The van der Waals surface area contributed by atoms with Gasteiger partial charge in [0.2, 0.25) is 5.91 Å². The minimum Gasteiger partial charge on any atom is -0.494 e. The fourth-order valence-electron chi connectivity index (χ4n) is 2.34. The van der Waals surface area contributed by atoms with Crippen molar-refractivity contribution in [1.82, 2.24) is 5.32 Å². The molecule has 3 N–H and O–H groups in total. The highest BCUT2D eigenvalue weighted by atomic mass is 35.5. The van der Waals surface area contributed by atoms with Crippen molar-refractivity contribution in [2.45, 2.75) is 31.3 Å². The van der Waals surface area contributed by atoms with E-state index in [-0.39, 0.29) is 30.1 Å². The first kappa shape index (κ1) is 18.7. The number of halogens is 2. The minimum atomic E-state index is -0.905. The zero-order valence-electron chi connectivity index (χ0n) is 12.7. The Labute approximate surface area is 135 Å². The number of nitrogens with two attached hydrogens (primary N) is 1. The SMILES string of the molecule is COc1ccc(C(C)NC(=O)C2(N)CCOCC2)cc1F.Cl. The van der Waals surface area contributed by atoms with Crippen molar-refractivity contribution in [3.8, 4) is 5.75 Å². The predicted molar refractivity (Wildman–Crippen MR) is 83.7 cm³/mol. The summed E-state index contributed by atoms with van der Waals surface area (Å²) in [5.41, 5.74) is 5.88. The van der Waals surface area contributed by atoms with E-state index in [0.29, 0.717) is 31.6 Å². The summed E-state index contributed by atoms with van der Waals surface area (Å²) in [6.07, 6.45) is 0.977. The number of hydrogen-bond acceptors (Lipinski definition) is 4. The van der Waals surface area contributed by atoms with Gasteiger partial charge in [-0.1, -0.05) is 6.07 Å². The van der Waals surface area contributed by atoms with Gasteiger partial charge in [-0.05, 0) is 37.5 Å². The number of carbonyl (C=O) groups is 1. The number of benzene rings is 1. The highest BCUT2D eigenvalue weighted by Gasteiger charge is 2.36. The molecular weight excluding hydrogens is 311 g/mol. The lowest BCUT2D eigenvalue weighted by Gasteiger charge is -2.33. The van der Waals surface area contributed by atoms with Crippen LogP contribution in [0.15, 0.2) is 18.2 Å². The molecule has 1 fully saturated rings. The Balaban J connectivity index is 0.00000242. The van der Waals surface area contributed by atoms with E-state index in [9.17, 15) is 9.18 Å². The maximum absolute atomic E-state index is 13.7. The molecule has 1 aromatic rings. The van der Waals surface area contributed by atoms with Crippen LogP contribution in [-0.4, -0.2) is 31.8 Å². The second kappa shape index (κ2) is 7.76. The molecule has 0 aromatic heterocycles. The summed E-state index contributed by atoms with van der Waals surface area (Å²) in [5, 5.41) is 2.84. The van der Waals surface area contributed by atoms with Crippen LogP contribution in [0, 0.1) is 5.82 Å². The van der Waals surface area contributed by atoms with Gasteiger partial charge in [-0.3, -0.25) is 4.79 Å². The Hall–Kier alpha value is -1.37. The number of nitrogens with one attached hydrogen (secondary N) is 1. The van der Waals surface area contributed by atoms with Gasteiger partial charge in [0.25, 0.3) is 0 Å². The van der Waals surface area contributed by atoms with Gasteiger partial charge < -0.3 is 20.5 Å². The van der Waals surface area contributed by atoms with Crippen LogP contribution in [0.1, 0.15) is 31.4 Å². The van der Waals surface area contributed by atoms with Crippen molar-refractivity contribution in [3.05, 3.63) is 29.6 Å². The second-order valence-electron chi connectivity index (χ2n) is 5.36. The van der Waals surface area contributed by atoms with Gasteiger partial charge in [-0.2, -0.15) is 0 Å². The lowest BCUT2D eigenvalue weighted by Crippen LogP contribution is -2.57. The molecule has 1 aliphatic rings. The molecule has 0 spiro atoms. The summed E-state index contributed by atoms with van der Waals surface area (Å²) >= 11 is 0. The minimum absolute atomic E-state index is 0. The smallest absolute Gasteiger partial charge is 0.240 e. The van der Waals surface area contributed by atoms with Crippen LogP contribution in [0.2, 0.25) is 0 Å². The van der Waals surface area contributed by atoms with Gasteiger partial charge in [0.05, 0.1) is 18.7 Å². The highest BCUT2D eigenvalue weighted by Crippen LogP contribution is 2.23. The van der Waals surface area contributed by atoms with Crippen LogP contribution < -0.4 is 15.8 Å². The van der Waals surface area contributed by atoms with Gasteiger partial charge in [0, 0.05) is 13.2 Å². The molecule has 2 rings (SSSR count). The number of carbonyl (C=O) groups excluding carboxylic acids is 1. The molecule has 1 unspecified atom stereocenters. The third-order valence-corrected chi connectivity index (χ3v) is 3.86. The largest absolute Gasteiger partial charge is 0.494 e. The van der Waals surface area contributed by atoms with Crippen molar-refractivity contribution in [1.29, 1.82) is 0 Å². The lowest BCUT2D eigenvalue weighted by atomic mass is 9.90. The number of ether oxygens (including phenoxy) is 2. The average Bonchev–Trinajstić information content (AvgIpc) is 2.47. The van der Waals surface area contributed by atoms with Crippen LogP contribution in [0.5, 0.6) is 5.75 Å². The molecule has 1 amide bonds. The molecule has 1 aliphatic heterocycles. The summed E-state index contributed by atoms with van der Waals surface area (Å²) in [7, 11) is 1.41. The van der Waals surface area contributed by atoms with Gasteiger partial charge >= 0.3 is 0 Å². The van der Waals surface area contributed by atoms with Gasteiger partial charge in [0.1, 0.15) is 0 Å². The Kier molecular flexibility index (Phi) is 6.59. The standard InChI is InChI=1S/C15H21FN2O3.ClH/c1-10(11-3-4-13(20-2)12(16)9-11)18-14(19)15(17)5-7-21-8-6-15;/h3-4,9-10H,5-8,17H2,1-2H3,(H,18,19);1H. The third kappa shape index (κ3) is 4.09. The van der Waals surface area contributed by atoms with Gasteiger partial charge in [-0.25, -0.2) is 4.39 Å². The fourth-order valence-corrected chi connectivity index (χ4v) is 2.34. The van der Waals surface area contributed by atoms with E-state index < -0.39 is 11.4 Å². The maximum Gasteiger partial charge on any atom is 0.240 e. The summed E-state index contributed by atoms with van der Waals surface area (Å²) in [4.78, 5) is 12.3. The van der Waals surface area contributed by atoms with Crippen LogP contribution in [0.3, 0.4) is 0 Å². The molecule has 0 saturated carbocycles. The molecule has 124 valence electrons. The maximum atomic E-state index is 13.7. The topological polar surface area (TPSA) is 73.6 Å². The summed E-state index contributed by atoms with van der Waals surface area (Å²) in [6.45, 7) is 2.76. The average molecular weight is 333 g/mol. The first-order valence-electron chi connectivity index (χ1n) is 6.97. The molecule has 7 heteroatoms. The number of rotatable bonds is 4. The number of hydrogen-bond donors (Lipinski definition) is 2. The Morgan fingerprint density at radius 1 is 1.45 bits per heavy atom. The molecule has 22 heavy (non-hydrogen) atoms. The Bertz CT molecular complexity index is 522. The van der Waals surface area contributed by atoms with Crippen LogP contribution >= 0.6 is 12.4 Å². The molecule has 0 aliphatic carbocycles. The Morgan fingerprint density at radius 3 is 2.64 bits per heavy atom. The predicted octanol–water partition coefficient (Wildman–Crippen LogP) is 1.94. The molecule has 1 heterocycles. The summed E-state index contributed by atoms with van der Waals surface area (Å²) < 4.78 is 23.8. The zero-order valence-corrected chi connectivity index (χ0v) is 13.5. The van der Waals surface area contributed by atoms with Crippen molar-refractivity contribution in [3.63, 3.8) is 0 Å². The quantitative estimate of drug-likeness (QED) is 0.883.